The van der Waals surface area contributed by atoms with Crippen LogP contribution in [0, 0.1) is 0 Å². The van der Waals surface area contributed by atoms with Crippen molar-refractivity contribution in [3.63, 3.8) is 0 Å². The zero-order chi connectivity index (χ0) is 27.1. The number of benzene rings is 3. The zero-order valence-electron chi connectivity index (χ0n) is 21.7. The Hall–Kier alpha value is -3.31. The van der Waals surface area contributed by atoms with Crippen molar-refractivity contribution in [3.8, 4) is 5.75 Å². The summed E-state index contributed by atoms with van der Waals surface area (Å²) in [4.78, 5) is 18.2. The summed E-state index contributed by atoms with van der Waals surface area (Å²) < 4.78 is 41.9. The predicted octanol–water partition coefficient (Wildman–Crippen LogP) is 4.70. The molecule has 0 radical (unpaired) electrons. The molecule has 4 rings (SSSR count). The minimum Gasteiger partial charge on any atom is -0.492 e. The van der Waals surface area contributed by atoms with Gasteiger partial charge in [0.1, 0.15) is 11.3 Å². The number of thiazole rings is 1. The van der Waals surface area contributed by atoms with Gasteiger partial charge in [-0.15, -0.1) is 0 Å². The van der Waals surface area contributed by atoms with Crippen LogP contribution in [0.4, 0.5) is 0 Å². The topological polar surface area (TPSA) is 90.2 Å². The van der Waals surface area contributed by atoms with Crippen LogP contribution in [0.15, 0.2) is 82.7 Å². The van der Waals surface area contributed by atoms with Gasteiger partial charge < -0.3 is 14.0 Å². The first-order valence-electron chi connectivity index (χ1n) is 12.4. The van der Waals surface area contributed by atoms with Crippen LogP contribution >= 0.6 is 11.3 Å². The Bertz CT molecular complexity index is 1560. The van der Waals surface area contributed by atoms with Gasteiger partial charge in [0, 0.05) is 32.3 Å². The number of hydrogen-bond acceptors (Lipinski definition) is 6. The number of methoxy groups -OCH3 is 1. The molecule has 0 fully saturated rings. The number of fused-ring (bicyclic) bond motifs is 1. The normalized spacial score (nSPS) is 12.4. The van der Waals surface area contributed by atoms with E-state index in [-0.39, 0.29) is 11.4 Å². The zero-order valence-corrected chi connectivity index (χ0v) is 23.3. The van der Waals surface area contributed by atoms with E-state index in [1.807, 2.05) is 60.0 Å². The van der Waals surface area contributed by atoms with Crippen LogP contribution in [0.5, 0.6) is 5.75 Å². The van der Waals surface area contributed by atoms with E-state index < -0.39 is 15.9 Å². The molecule has 3 aromatic carbocycles. The first-order valence-corrected chi connectivity index (χ1v) is 14.6. The van der Waals surface area contributed by atoms with Gasteiger partial charge in [0.05, 0.1) is 22.8 Å². The molecule has 4 aromatic rings. The van der Waals surface area contributed by atoms with Gasteiger partial charge in [-0.1, -0.05) is 54.7 Å². The third-order valence-electron chi connectivity index (χ3n) is 5.97. The molecule has 0 aliphatic rings. The summed E-state index contributed by atoms with van der Waals surface area (Å²) in [5.41, 5.74) is 2.07. The molecular formula is C28H31N3O5S2. The van der Waals surface area contributed by atoms with E-state index in [4.69, 9.17) is 9.47 Å². The number of carbonyl (C=O) groups is 1. The fraction of sp³-hybridized carbons (Fsp3) is 0.286. The number of sulfonamides is 1. The van der Waals surface area contributed by atoms with Gasteiger partial charge >= 0.3 is 0 Å². The molecule has 1 heterocycles. The quantitative estimate of drug-likeness (QED) is 0.269. The first-order chi connectivity index (χ1) is 18.4. The van der Waals surface area contributed by atoms with Crippen molar-refractivity contribution in [2.24, 2.45) is 4.99 Å². The largest absolute Gasteiger partial charge is 0.492 e. The number of nitrogens with zero attached hydrogens (tertiary/aromatic N) is 3. The smallest absolute Gasteiger partial charge is 0.279 e. The average molecular weight is 554 g/mol. The summed E-state index contributed by atoms with van der Waals surface area (Å²) >= 11 is 1.39. The Morgan fingerprint density at radius 2 is 1.74 bits per heavy atom. The van der Waals surface area contributed by atoms with Crippen LogP contribution in [0.25, 0.3) is 10.2 Å². The standard InChI is InChI=1S/C28H31N3O5S2/c1-4-30(20-21-10-7-6-8-11-21)38(33,34)23-16-14-22(15-17-23)27(32)29-28-31(18-19-35-3)26-24(36-5-2)12-9-13-25(26)37-28/h6-17H,4-5,18-20H2,1-3H3. The van der Waals surface area contributed by atoms with E-state index >= 15 is 0 Å². The molecule has 0 aliphatic heterocycles. The lowest BCUT2D eigenvalue weighted by Gasteiger charge is -2.20. The molecule has 8 nitrogen and oxygen atoms in total. The Morgan fingerprint density at radius 3 is 2.39 bits per heavy atom. The number of rotatable bonds is 11. The third-order valence-corrected chi connectivity index (χ3v) is 8.95. The molecule has 0 saturated carbocycles. The van der Waals surface area contributed by atoms with Crippen LogP contribution in [0.1, 0.15) is 29.8 Å². The van der Waals surface area contributed by atoms with Crippen molar-refractivity contribution >= 4 is 37.5 Å². The van der Waals surface area contributed by atoms with E-state index in [0.29, 0.717) is 36.7 Å². The molecule has 0 atom stereocenters. The molecule has 10 heteroatoms. The number of amides is 1. The second-order valence-corrected chi connectivity index (χ2v) is 11.4. The first kappa shape index (κ1) is 27.7. The van der Waals surface area contributed by atoms with E-state index in [2.05, 4.69) is 4.99 Å². The molecule has 0 saturated heterocycles. The van der Waals surface area contributed by atoms with Crippen molar-refractivity contribution in [2.75, 3.05) is 26.9 Å². The van der Waals surface area contributed by atoms with Crippen LogP contribution < -0.4 is 9.54 Å². The van der Waals surface area contributed by atoms with E-state index in [1.54, 1.807) is 14.0 Å². The molecule has 0 aliphatic carbocycles. The van der Waals surface area contributed by atoms with Crippen molar-refractivity contribution in [1.82, 2.24) is 8.87 Å². The van der Waals surface area contributed by atoms with Gasteiger partial charge in [0.15, 0.2) is 4.80 Å². The second kappa shape index (κ2) is 12.5. The monoisotopic (exact) mass is 553 g/mol. The molecule has 200 valence electrons. The molecule has 0 spiro atoms. The summed E-state index contributed by atoms with van der Waals surface area (Å²) in [5.74, 6) is 0.262. The maximum atomic E-state index is 13.3. The van der Waals surface area contributed by atoms with Gasteiger partial charge in [0.25, 0.3) is 5.91 Å². The summed E-state index contributed by atoms with van der Waals surface area (Å²) in [7, 11) is -2.11. The highest BCUT2D eigenvalue weighted by atomic mass is 32.2. The van der Waals surface area contributed by atoms with Crippen LogP contribution in [-0.2, 0) is 27.8 Å². The maximum absolute atomic E-state index is 13.3. The molecule has 0 unspecified atom stereocenters. The molecule has 1 aromatic heterocycles. The molecule has 38 heavy (non-hydrogen) atoms. The van der Waals surface area contributed by atoms with Crippen molar-refractivity contribution in [1.29, 1.82) is 0 Å². The van der Waals surface area contributed by atoms with Crippen LogP contribution in [0.3, 0.4) is 0 Å². The number of aromatic nitrogens is 1. The predicted molar refractivity (Wildman–Crippen MR) is 149 cm³/mol. The lowest BCUT2D eigenvalue weighted by atomic mass is 10.2. The van der Waals surface area contributed by atoms with Gasteiger partial charge in [0.2, 0.25) is 10.0 Å². The highest BCUT2D eigenvalue weighted by molar-refractivity contribution is 7.89. The van der Waals surface area contributed by atoms with Gasteiger partial charge in [-0.05, 0) is 48.9 Å². The summed E-state index contributed by atoms with van der Waals surface area (Å²) in [6, 6.07) is 21.1. The van der Waals surface area contributed by atoms with E-state index in [9.17, 15) is 13.2 Å². The van der Waals surface area contributed by atoms with E-state index in [1.165, 1.54) is 39.9 Å². The summed E-state index contributed by atoms with van der Waals surface area (Å²) in [5, 5.41) is 0. The van der Waals surface area contributed by atoms with Crippen LogP contribution in [0.2, 0.25) is 0 Å². The lowest BCUT2D eigenvalue weighted by Crippen LogP contribution is -2.30. The molecule has 0 N–H and O–H groups in total. The van der Waals surface area contributed by atoms with Gasteiger partial charge in [-0.3, -0.25) is 4.79 Å². The highest BCUT2D eigenvalue weighted by Crippen LogP contribution is 2.28. The molecular weight excluding hydrogens is 522 g/mol. The fourth-order valence-corrected chi connectivity index (χ4v) is 6.58. The fourth-order valence-electron chi connectivity index (χ4n) is 4.07. The highest BCUT2D eigenvalue weighted by Gasteiger charge is 2.23. The summed E-state index contributed by atoms with van der Waals surface area (Å²) in [6.07, 6.45) is 0. The van der Waals surface area contributed by atoms with Crippen molar-refractivity contribution in [2.45, 2.75) is 31.8 Å². The van der Waals surface area contributed by atoms with Crippen molar-refractivity contribution in [3.05, 3.63) is 88.7 Å². The maximum Gasteiger partial charge on any atom is 0.279 e. The Balaban J connectivity index is 1.64. The third kappa shape index (κ3) is 6.05. The molecule has 0 bridgehead atoms. The SMILES string of the molecule is CCOc1cccc2sc(=NC(=O)c3ccc(S(=O)(=O)N(CC)Cc4ccccc4)cc3)n(CCOC)c12. The number of carbonyl (C=O) groups excluding carboxylic acids is 1. The van der Waals surface area contributed by atoms with Gasteiger partial charge in [-0.2, -0.15) is 9.30 Å². The number of para-hydroxylation sites is 1. The molecule has 1 amide bonds. The average Bonchev–Trinajstić information content (AvgIpc) is 3.28. The minimum atomic E-state index is -3.73. The van der Waals surface area contributed by atoms with E-state index in [0.717, 1.165) is 21.5 Å². The Kier molecular flexibility index (Phi) is 9.11. The van der Waals surface area contributed by atoms with Crippen LogP contribution in [-0.4, -0.2) is 50.1 Å². The van der Waals surface area contributed by atoms with Gasteiger partial charge in [-0.25, -0.2) is 8.42 Å². The van der Waals surface area contributed by atoms with Crippen molar-refractivity contribution < 1.29 is 22.7 Å². The lowest BCUT2D eigenvalue weighted by molar-refractivity contribution is 0.0997. The Morgan fingerprint density at radius 1 is 1.00 bits per heavy atom. The second-order valence-electron chi connectivity index (χ2n) is 8.42. The summed E-state index contributed by atoms with van der Waals surface area (Å²) in [6.45, 7) is 5.77. The number of hydrogen-bond donors (Lipinski definition) is 0. The minimum absolute atomic E-state index is 0.130. The Labute approximate surface area is 226 Å². The number of ether oxygens (including phenoxy) is 2.